The van der Waals surface area contributed by atoms with Gasteiger partial charge in [0.1, 0.15) is 0 Å². The Balaban J connectivity index is 2.18. The summed E-state index contributed by atoms with van der Waals surface area (Å²) in [6.45, 7) is 9.40. The molecular formula is C17H22ClN3. The SMILES string of the molecule is CCNCc1c2c(nc3c(Cl)cccc13)CCN(CC)C2. The average Bonchev–Trinajstić information content (AvgIpc) is 2.52. The number of para-hydroxylation sites is 1. The van der Waals surface area contributed by atoms with E-state index in [1.165, 1.54) is 22.2 Å². The molecule has 1 aromatic heterocycles. The standard InChI is InChI=1S/C17H22ClN3/c1-3-19-10-13-12-6-5-7-15(18)17(12)20-16-8-9-21(4-2)11-14(13)16/h5-7,19H,3-4,8-11H2,1-2H3. The highest BCUT2D eigenvalue weighted by molar-refractivity contribution is 6.35. The Bertz CT molecular complexity index is 654. The molecule has 4 heteroatoms. The maximum Gasteiger partial charge on any atom is 0.0894 e. The second-order valence-electron chi connectivity index (χ2n) is 5.55. The molecule has 0 aliphatic carbocycles. The number of benzene rings is 1. The first-order chi connectivity index (χ1) is 10.2. The molecule has 0 amide bonds. The smallest absolute Gasteiger partial charge is 0.0894 e. The van der Waals surface area contributed by atoms with Crippen molar-refractivity contribution >= 4 is 22.5 Å². The fraction of sp³-hybridized carbons (Fsp3) is 0.471. The molecule has 2 aromatic rings. The lowest BCUT2D eigenvalue weighted by Crippen LogP contribution is -2.32. The number of likely N-dealkylation sites (N-methyl/N-ethyl adjacent to an activating group) is 1. The molecule has 21 heavy (non-hydrogen) atoms. The summed E-state index contributed by atoms with van der Waals surface area (Å²) in [6, 6.07) is 6.10. The number of hydrogen-bond donors (Lipinski definition) is 1. The van der Waals surface area contributed by atoms with Crippen molar-refractivity contribution in [2.24, 2.45) is 0 Å². The van der Waals surface area contributed by atoms with Gasteiger partial charge in [-0.1, -0.05) is 37.6 Å². The van der Waals surface area contributed by atoms with Crippen LogP contribution in [0.1, 0.15) is 30.7 Å². The molecule has 1 aromatic carbocycles. The van der Waals surface area contributed by atoms with E-state index in [1.54, 1.807) is 0 Å². The van der Waals surface area contributed by atoms with Crippen molar-refractivity contribution < 1.29 is 0 Å². The van der Waals surface area contributed by atoms with E-state index in [0.717, 1.165) is 49.7 Å². The summed E-state index contributed by atoms with van der Waals surface area (Å²) in [5.41, 5.74) is 4.96. The van der Waals surface area contributed by atoms with Crippen LogP contribution in [-0.4, -0.2) is 29.5 Å². The van der Waals surface area contributed by atoms with Crippen molar-refractivity contribution in [3.8, 4) is 0 Å². The van der Waals surface area contributed by atoms with Gasteiger partial charge in [0, 0.05) is 37.1 Å². The average molecular weight is 304 g/mol. The Hall–Kier alpha value is -1.16. The van der Waals surface area contributed by atoms with E-state index in [9.17, 15) is 0 Å². The van der Waals surface area contributed by atoms with Gasteiger partial charge in [0.2, 0.25) is 0 Å². The zero-order valence-electron chi connectivity index (χ0n) is 12.7. The van der Waals surface area contributed by atoms with Crippen LogP contribution in [0.3, 0.4) is 0 Å². The van der Waals surface area contributed by atoms with Crippen LogP contribution in [0.2, 0.25) is 5.02 Å². The molecule has 0 unspecified atom stereocenters. The minimum absolute atomic E-state index is 0.756. The van der Waals surface area contributed by atoms with E-state index in [-0.39, 0.29) is 0 Å². The first-order valence-electron chi connectivity index (χ1n) is 7.76. The second-order valence-corrected chi connectivity index (χ2v) is 5.96. The largest absolute Gasteiger partial charge is 0.313 e. The van der Waals surface area contributed by atoms with E-state index in [2.05, 4.69) is 30.1 Å². The maximum atomic E-state index is 6.37. The molecule has 0 saturated heterocycles. The van der Waals surface area contributed by atoms with Crippen molar-refractivity contribution in [1.82, 2.24) is 15.2 Å². The molecule has 0 radical (unpaired) electrons. The van der Waals surface area contributed by atoms with E-state index in [4.69, 9.17) is 16.6 Å². The lowest BCUT2D eigenvalue weighted by atomic mass is 9.95. The fourth-order valence-corrected chi connectivity index (χ4v) is 3.31. The number of pyridine rings is 1. The maximum absolute atomic E-state index is 6.37. The number of nitrogens with zero attached hydrogens (tertiary/aromatic N) is 2. The van der Waals surface area contributed by atoms with Gasteiger partial charge in [-0.05, 0) is 30.3 Å². The Morgan fingerprint density at radius 3 is 2.95 bits per heavy atom. The zero-order valence-corrected chi connectivity index (χ0v) is 13.5. The minimum atomic E-state index is 0.756. The lowest BCUT2D eigenvalue weighted by Gasteiger charge is -2.29. The number of hydrogen-bond acceptors (Lipinski definition) is 3. The minimum Gasteiger partial charge on any atom is -0.313 e. The first kappa shape index (κ1) is 14.8. The van der Waals surface area contributed by atoms with Crippen LogP contribution >= 0.6 is 11.6 Å². The van der Waals surface area contributed by atoms with Gasteiger partial charge in [-0.15, -0.1) is 0 Å². The summed E-state index contributed by atoms with van der Waals surface area (Å²) in [6.07, 6.45) is 1.02. The molecular weight excluding hydrogens is 282 g/mol. The summed E-state index contributed by atoms with van der Waals surface area (Å²) < 4.78 is 0. The Morgan fingerprint density at radius 2 is 2.19 bits per heavy atom. The monoisotopic (exact) mass is 303 g/mol. The van der Waals surface area contributed by atoms with Gasteiger partial charge in [-0.25, -0.2) is 0 Å². The molecule has 112 valence electrons. The van der Waals surface area contributed by atoms with Crippen LogP contribution in [0.15, 0.2) is 18.2 Å². The van der Waals surface area contributed by atoms with Crippen LogP contribution in [0, 0.1) is 0 Å². The van der Waals surface area contributed by atoms with Crippen LogP contribution in [0.4, 0.5) is 0 Å². The Kier molecular flexibility index (Phi) is 4.43. The molecule has 0 spiro atoms. The molecule has 0 atom stereocenters. The predicted molar refractivity (Wildman–Crippen MR) is 88.8 cm³/mol. The molecule has 1 aliphatic heterocycles. The molecule has 0 fully saturated rings. The Morgan fingerprint density at radius 1 is 1.33 bits per heavy atom. The summed E-state index contributed by atoms with van der Waals surface area (Å²) in [5.74, 6) is 0. The van der Waals surface area contributed by atoms with Crippen LogP contribution in [0.25, 0.3) is 10.9 Å². The van der Waals surface area contributed by atoms with Crippen molar-refractivity contribution in [2.75, 3.05) is 19.6 Å². The number of aromatic nitrogens is 1. The highest BCUT2D eigenvalue weighted by Gasteiger charge is 2.22. The third-order valence-electron chi connectivity index (χ3n) is 4.32. The summed E-state index contributed by atoms with van der Waals surface area (Å²) in [5, 5.41) is 5.42. The van der Waals surface area contributed by atoms with Crippen LogP contribution in [0.5, 0.6) is 0 Å². The highest BCUT2D eigenvalue weighted by atomic mass is 35.5. The van der Waals surface area contributed by atoms with Gasteiger partial charge in [0.15, 0.2) is 0 Å². The second kappa shape index (κ2) is 6.30. The number of fused-ring (bicyclic) bond motifs is 2. The molecule has 1 N–H and O–H groups in total. The third kappa shape index (κ3) is 2.78. The van der Waals surface area contributed by atoms with Gasteiger partial charge in [0.05, 0.1) is 10.5 Å². The van der Waals surface area contributed by atoms with Crippen molar-refractivity contribution in [1.29, 1.82) is 0 Å². The van der Waals surface area contributed by atoms with E-state index >= 15 is 0 Å². The van der Waals surface area contributed by atoms with Gasteiger partial charge >= 0.3 is 0 Å². The lowest BCUT2D eigenvalue weighted by molar-refractivity contribution is 0.265. The summed E-state index contributed by atoms with van der Waals surface area (Å²) in [7, 11) is 0. The van der Waals surface area contributed by atoms with Gasteiger partial charge in [-0.3, -0.25) is 9.88 Å². The summed E-state index contributed by atoms with van der Waals surface area (Å²) >= 11 is 6.37. The molecule has 1 aliphatic rings. The van der Waals surface area contributed by atoms with Gasteiger partial charge in [0.25, 0.3) is 0 Å². The molecule has 0 saturated carbocycles. The van der Waals surface area contributed by atoms with E-state index < -0.39 is 0 Å². The zero-order chi connectivity index (χ0) is 14.8. The number of halogens is 1. The van der Waals surface area contributed by atoms with Crippen LogP contribution < -0.4 is 5.32 Å². The van der Waals surface area contributed by atoms with E-state index in [1.807, 2.05) is 12.1 Å². The summed E-state index contributed by atoms with van der Waals surface area (Å²) in [4.78, 5) is 7.35. The molecule has 3 rings (SSSR count). The highest BCUT2D eigenvalue weighted by Crippen LogP contribution is 2.31. The quantitative estimate of drug-likeness (QED) is 0.938. The van der Waals surface area contributed by atoms with Crippen molar-refractivity contribution in [3.05, 3.63) is 40.0 Å². The predicted octanol–water partition coefficient (Wildman–Crippen LogP) is 3.38. The van der Waals surface area contributed by atoms with Gasteiger partial charge < -0.3 is 5.32 Å². The molecule has 3 nitrogen and oxygen atoms in total. The fourth-order valence-electron chi connectivity index (χ4n) is 3.09. The molecule has 0 bridgehead atoms. The third-order valence-corrected chi connectivity index (χ3v) is 4.62. The molecule has 2 heterocycles. The first-order valence-corrected chi connectivity index (χ1v) is 8.14. The number of nitrogens with one attached hydrogen (secondary N) is 1. The normalized spacial score (nSPS) is 15.4. The number of rotatable bonds is 4. The van der Waals surface area contributed by atoms with Crippen molar-refractivity contribution in [2.45, 2.75) is 33.4 Å². The van der Waals surface area contributed by atoms with Crippen LogP contribution in [-0.2, 0) is 19.5 Å². The Labute approximate surface area is 131 Å². The van der Waals surface area contributed by atoms with E-state index in [0.29, 0.717) is 0 Å². The van der Waals surface area contributed by atoms with Gasteiger partial charge in [-0.2, -0.15) is 0 Å². The van der Waals surface area contributed by atoms with Crippen molar-refractivity contribution in [3.63, 3.8) is 0 Å². The topological polar surface area (TPSA) is 28.2 Å².